The maximum Gasteiger partial charge on any atom is 0.311 e. The molecule has 8 nitrogen and oxygen atoms in total. The fraction of sp³-hybridized carbons (Fsp3) is 0.238. The number of anilines is 1. The first-order chi connectivity index (χ1) is 14.0. The summed E-state index contributed by atoms with van der Waals surface area (Å²) in [6.07, 6.45) is 3.22. The SMILES string of the molecule is NN=Cc1ccc(OC(=O)CCCc2cccc(C(=O)C(N)CC=O)c2N)cc1. The molecule has 152 valence electrons. The maximum absolute atomic E-state index is 12.3. The molecule has 0 fully saturated rings. The smallest absolute Gasteiger partial charge is 0.311 e. The predicted molar refractivity (Wildman–Crippen MR) is 111 cm³/mol. The molecule has 0 aliphatic rings. The summed E-state index contributed by atoms with van der Waals surface area (Å²) < 4.78 is 5.29. The van der Waals surface area contributed by atoms with E-state index in [1.54, 1.807) is 42.5 Å². The van der Waals surface area contributed by atoms with Crippen LogP contribution in [0.4, 0.5) is 5.69 Å². The number of nitrogens with zero attached hydrogens (tertiary/aromatic N) is 1. The van der Waals surface area contributed by atoms with Crippen molar-refractivity contribution in [2.75, 3.05) is 5.73 Å². The molecule has 2 rings (SSSR count). The highest BCUT2D eigenvalue weighted by atomic mass is 16.5. The second-order valence-electron chi connectivity index (χ2n) is 6.43. The summed E-state index contributed by atoms with van der Waals surface area (Å²) in [5, 5.41) is 3.42. The molecule has 0 aromatic heterocycles. The molecule has 0 spiro atoms. The number of para-hydroxylation sites is 1. The third kappa shape index (κ3) is 6.25. The van der Waals surface area contributed by atoms with Gasteiger partial charge in [-0.2, -0.15) is 5.10 Å². The second kappa shape index (κ2) is 10.7. The van der Waals surface area contributed by atoms with Crippen LogP contribution in [0.5, 0.6) is 5.75 Å². The maximum atomic E-state index is 12.3. The van der Waals surface area contributed by atoms with E-state index in [1.807, 2.05) is 0 Å². The molecule has 0 aliphatic carbocycles. The van der Waals surface area contributed by atoms with Crippen molar-refractivity contribution in [2.45, 2.75) is 31.7 Å². The Kier molecular flexibility index (Phi) is 8.05. The third-order valence-corrected chi connectivity index (χ3v) is 4.31. The lowest BCUT2D eigenvalue weighted by Gasteiger charge is -2.13. The Morgan fingerprint density at radius 2 is 1.86 bits per heavy atom. The lowest BCUT2D eigenvalue weighted by atomic mass is 9.96. The highest BCUT2D eigenvalue weighted by Gasteiger charge is 2.19. The number of rotatable bonds is 10. The van der Waals surface area contributed by atoms with Crippen molar-refractivity contribution in [1.82, 2.24) is 0 Å². The van der Waals surface area contributed by atoms with E-state index in [9.17, 15) is 14.4 Å². The number of Topliss-reactive ketones (excluding diaryl/α,β-unsaturated/α-hetero) is 1. The standard InChI is InChI=1S/C21H24N4O4/c22-18(11-12-26)21(28)17-5-1-3-15(20(17)23)4-2-6-19(27)29-16-9-7-14(8-10-16)13-25-24/h1,3,5,7-10,12-13,18H,2,4,6,11,22-24H2. The van der Waals surface area contributed by atoms with E-state index in [0.717, 1.165) is 11.1 Å². The number of esters is 1. The first-order valence-electron chi connectivity index (χ1n) is 9.11. The van der Waals surface area contributed by atoms with Gasteiger partial charge in [-0.25, -0.2) is 0 Å². The van der Waals surface area contributed by atoms with Crippen molar-refractivity contribution < 1.29 is 19.1 Å². The Balaban J connectivity index is 1.91. The number of carbonyl (C=O) groups is 3. The van der Waals surface area contributed by atoms with Crippen molar-refractivity contribution in [3.8, 4) is 5.75 Å². The quantitative estimate of drug-likeness (QED) is 0.0806. The number of ether oxygens (including phenoxy) is 1. The summed E-state index contributed by atoms with van der Waals surface area (Å²) in [5.74, 6) is 4.77. The topological polar surface area (TPSA) is 151 Å². The Morgan fingerprint density at radius 3 is 2.52 bits per heavy atom. The van der Waals surface area contributed by atoms with Gasteiger partial charge in [0.2, 0.25) is 0 Å². The molecule has 0 amide bonds. The first kappa shape index (κ1) is 21.8. The predicted octanol–water partition coefficient (Wildman–Crippen LogP) is 1.59. The highest BCUT2D eigenvalue weighted by Crippen LogP contribution is 2.21. The number of aldehydes is 1. The van der Waals surface area contributed by atoms with E-state index < -0.39 is 6.04 Å². The van der Waals surface area contributed by atoms with Crippen molar-refractivity contribution in [1.29, 1.82) is 0 Å². The van der Waals surface area contributed by atoms with Crippen LogP contribution in [-0.4, -0.2) is 30.3 Å². The normalized spacial score (nSPS) is 11.9. The molecule has 0 saturated carbocycles. The first-order valence-corrected chi connectivity index (χ1v) is 9.11. The molecule has 29 heavy (non-hydrogen) atoms. The fourth-order valence-electron chi connectivity index (χ4n) is 2.77. The molecular weight excluding hydrogens is 372 g/mol. The van der Waals surface area contributed by atoms with E-state index in [-0.39, 0.29) is 24.6 Å². The number of carbonyl (C=O) groups excluding carboxylic acids is 3. The number of hydrogen-bond acceptors (Lipinski definition) is 8. The fourth-order valence-corrected chi connectivity index (χ4v) is 2.77. The van der Waals surface area contributed by atoms with Crippen molar-refractivity contribution in [3.05, 3.63) is 59.2 Å². The van der Waals surface area contributed by atoms with E-state index in [1.165, 1.54) is 6.21 Å². The molecule has 2 aromatic rings. The van der Waals surface area contributed by atoms with Gasteiger partial charge in [0, 0.05) is 24.1 Å². The third-order valence-electron chi connectivity index (χ3n) is 4.31. The van der Waals surface area contributed by atoms with Crippen LogP contribution >= 0.6 is 0 Å². The van der Waals surface area contributed by atoms with Crippen LogP contribution in [0, 0.1) is 0 Å². The van der Waals surface area contributed by atoms with Gasteiger partial charge in [0.15, 0.2) is 5.78 Å². The number of benzene rings is 2. The minimum atomic E-state index is -0.914. The van der Waals surface area contributed by atoms with Crippen LogP contribution in [0.25, 0.3) is 0 Å². The largest absolute Gasteiger partial charge is 0.427 e. The summed E-state index contributed by atoms with van der Waals surface area (Å²) in [5.41, 5.74) is 14.0. The van der Waals surface area contributed by atoms with Crippen LogP contribution < -0.4 is 22.0 Å². The van der Waals surface area contributed by atoms with Crippen LogP contribution in [0.15, 0.2) is 47.6 Å². The average molecular weight is 396 g/mol. The number of nitrogen functional groups attached to an aromatic ring is 1. The second-order valence-corrected chi connectivity index (χ2v) is 6.43. The summed E-state index contributed by atoms with van der Waals surface area (Å²) in [7, 11) is 0. The lowest BCUT2D eigenvalue weighted by Crippen LogP contribution is -2.31. The molecular formula is C21H24N4O4. The summed E-state index contributed by atoms with van der Waals surface area (Å²) in [4.78, 5) is 34.9. The van der Waals surface area contributed by atoms with E-state index >= 15 is 0 Å². The summed E-state index contributed by atoms with van der Waals surface area (Å²) in [6, 6.07) is 10.9. The number of hydrazone groups is 1. The summed E-state index contributed by atoms with van der Waals surface area (Å²) >= 11 is 0. The monoisotopic (exact) mass is 396 g/mol. The Bertz CT molecular complexity index is 894. The Hall–Kier alpha value is -3.52. The molecule has 0 saturated heterocycles. The zero-order chi connectivity index (χ0) is 21.2. The van der Waals surface area contributed by atoms with Crippen LogP contribution in [0.2, 0.25) is 0 Å². The van der Waals surface area contributed by atoms with E-state index in [0.29, 0.717) is 36.1 Å². The van der Waals surface area contributed by atoms with E-state index in [4.69, 9.17) is 22.0 Å². The average Bonchev–Trinajstić information content (AvgIpc) is 2.70. The van der Waals surface area contributed by atoms with Gasteiger partial charge in [0.1, 0.15) is 12.0 Å². The number of nitrogens with two attached hydrogens (primary N) is 3. The highest BCUT2D eigenvalue weighted by molar-refractivity contribution is 6.05. The molecule has 2 aromatic carbocycles. The number of aryl methyl sites for hydroxylation is 1. The Labute approximate surface area is 168 Å². The van der Waals surface area contributed by atoms with E-state index in [2.05, 4.69) is 5.10 Å². The van der Waals surface area contributed by atoms with Gasteiger partial charge in [-0.15, -0.1) is 0 Å². The van der Waals surface area contributed by atoms with Crippen LogP contribution in [0.3, 0.4) is 0 Å². The summed E-state index contributed by atoms with van der Waals surface area (Å²) in [6.45, 7) is 0. The number of ketones is 1. The Morgan fingerprint density at radius 1 is 1.14 bits per heavy atom. The van der Waals surface area contributed by atoms with Crippen LogP contribution in [-0.2, 0) is 16.0 Å². The molecule has 1 atom stereocenters. The number of hydrogen-bond donors (Lipinski definition) is 3. The van der Waals surface area contributed by atoms with Crippen molar-refractivity contribution in [2.24, 2.45) is 16.7 Å². The van der Waals surface area contributed by atoms with Gasteiger partial charge in [-0.05, 0) is 54.3 Å². The van der Waals surface area contributed by atoms with Gasteiger partial charge in [0.05, 0.1) is 12.3 Å². The van der Waals surface area contributed by atoms with Crippen LogP contribution in [0.1, 0.15) is 40.7 Å². The minimum Gasteiger partial charge on any atom is -0.427 e. The molecule has 0 radical (unpaired) electrons. The molecule has 0 aliphatic heterocycles. The molecule has 6 N–H and O–H groups in total. The van der Waals surface area contributed by atoms with Gasteiger partial charge in [-0.3, -0.25) is 9.59 Å². The molecule has 0 heterocycles. The molecule has 0 bridgehead atoms. The zero-order valence-electron chi connectivity index (χ0n) is 15.9. The zero-order valence-corrected chi connectivity index (χ0v) is 15.9. The molecule has 8 heteroatoms. The molecule has 1 unspecified atom stereocenters. The van der Waals surface area contributed by atoms with Gasteiger partial charge in [-0.1, -0.05) is 12.1 Å². The van der Waals surface area contributed by atoms with Crippen molar-refractivity contribution >= 4 is 29.9 Å². The minimum absolute atomic E-state index is 0.0612. The van der Waals surface area contributed by atoms with Crippen molar-refractivity contribution in [3.63, 3.8) is 0 Å². The van der Waals surface area contributed by atoms with Gasteiger partial charge < -0.3 is 26.8 Å². The van der Waals surface area contributed by atoms with Gasteiger partial charge >= 0.3 is 5.97 Å². The lowest BCUT2D eigenvalue weighted by molar-refractivity contribution is -0.134. The van der Waals surface area contributed by atoms with Gasteiger partial charge in [0.25, 0.3) is 0 Å².